The largest absolute Gasteiger partial charge is 0.390 e. The lowest BCUT2D eigenvalue weighted by Gasteiger charge is -2.08. The Hall–Kier alpha value is -1.85. The lowest BCUT2D eigenvalue weighted by atomic mass is 10.2. The van der Waals surface area contributed by atoms with E-state index in [2.05, 4.69) is 15.6 Å². The van der Waals surface area contributed by atoms with Crippen molar-refractivity contribution in [3.63, 3.8) is 0 Å². The molecule has 98 valence electrons. The normalized spacial score (nSPS) is 18.7. The van der Waals surface area contributed by atoms with Crippen LogP contribution in [0.15, 0.2) is 17.4 Å². The van der Waals surface area contributed by atoms with Crippen LogP contribution in [0.25, 0.3) is 0 Å². The second-order valence-corrected chi connectivity index (χ2v) is 4.74. The van der Waals surface area contributed by atoms with Gasteiger partial charge in [0, 0.05) is 18.7 Å². The molecule has 0 spiro atoms. The van der Waals surface area contributed by atoms with Crippen LogP contribution in [-0.4, -0.2) is 34.0 Å². The molecule has 2 heterocycles. The summed E-state index contributed by atoms with van der Waals surface area (Å²) >= 11 is 0. The minimum atomic E-state index is -0.178. The zero-order valence-corrected chi connectivity index (χ0v) is 10.9. The third-order valence-electron chi connectivity index (χ3n) is 2.74. The van der Waals surface area contributed by atoms with Gasteiger partial charge in [0.1, 0.15) is 11.8 Å². The van der Waals surface area contributed by atoms with Gasteiger partial charge in [0.05, 0.1) is 12.3 Å². The molecule has 2 rings (SSSR count). The molecule has 0 bridgehead atoms. The fraction of sp³-hybridized carbons (Fsp3) is 0.583. The van der Waals surface area contributed by atoms with Gasteiger partial charge in [-0.2, -0.15) is 5.10 Å². The topological polar surface area (TPSA) is 68.5 Å². The fourth-order valence-corrected chi connectivity index (χ4v) is 1.72. The van der Waals surface area contributed by atoms with Crippen LogP contribution in [0.2, 0.25) is 0 Å². The van der Waals surface area contributed by atoms with Crippen molar-refractivity contribution in [2.45, 2.75) is 39.3 Å². The average molecular weight is 250 g/mol. The molecule has 1 amide bonds. The van der Waals surface area contributed by atoms with E-state index in [4.69, 9.17) is 4.84 Å². The van der Waals surface area contributed by atoms with E-state index in [1.165, 1.54) is 0 Å². The molecule has 6 nitrogen and oxygen atoms in total. The van der Waals surface area contributed by atoms with Crippen molar-refractivity contribution >= 4 is 11.6 Å². The Morgan fingerprint density at radius 1 is 1.67 bits per heavy atom. The molecular formula is C12H18N4O2. The highest BCUT2D eigenvalue weighted by Gasteiger charge is 2.19. The van der Waals surface area contributed by atoms with Gasteiger partial charge in [-0.25, -0.2) is 0 Å². The molecule has 0 saturated carbocycles. The van der Waals surface area contributed by atoms with Crippen LogP contribution >= 0.6 is 0 Å². The van der Waals surface area contributed by atoms with Crippen LogP contribution in [0.1, 0.15) is 43.7 Å². The standard InChI is InChI=1S/C12H18N4O2/c1-8(2)16-5-4-11(14-16)12(17)13-7-10-6-9(3)15-18-10/h4-5,8,10H,6-7H2,1-3H3,(H,13,17)/t10-/m0/s1. The van der Waals surface area contributed by atoms with Gasteiger partial charge in [-0.3, -0.25) is 9.48 Å². The summed E-state index contributed by atoms with van der Waals surface area (Å²) in [5, 5.41) is 10.8. The maximum atomic E-state index is 11.8. The lowest BCUT2D eigenvalue weighted by Crippen LogP contribution is -2.32. The molecule has 1 aromatic heterocycles. The number of carbonyl (C=O) groups excluding carboxylic acids is 1. The maximum Gasteiger partial charge on any atom is 0.271 e. The van der Waals surface area contributed by atoms with Crippen molar-refractivity contribution in [2.24, 2.45) is 5.16 Å². The van der Waals surface area contributed by atoms with Gasteiger partial charge in [-0.1, -0.05) is 5.16 Å². The Morgan fingerprint density at radius 2 is 2.44 bits per heavy atom. The molecule has 0 radical (unpaired) electrons. The van der Waals surface area contributed by atoms with Crippen LogP contribution in [0.4, 0.5) is 0 Å². The van der Waals surface area contributed by atoms with E-state index >= 15 is 0 Å². The van der Waals surface area contributed by atoms with Crippen LogP contribution in [0.5, 0.6) is 0 Å². The lowest BCUT2D eigenvalue weighted by molar-refractivity contribution is 0.0750. The van der Waals surface area contributed by atoms with Crippen LogP contribution in [0, 0.1) is 0 Å². The average Bonchev–Trinajstić information content (AvgIpc) is 2.94. The molecule has 1 aromatic rings. The Balaban J connectivity index is 1.84. The SMILES string of the molecule is CC1=NO[C@H](CNC(=O)c2ccn(C(C)C)n2)C1. The van der Waals surface area contributed by atoms with Gasteiger partial charge in [-0.15, -0.1) is 0 Å². The zero-order valence-electron chi connectivity index (χ0n) is 10.9. The van der Waals surface area contributed by atoms with Gasteiger partial charge in [-0.05, 0) is 26.8 Å². The van der Waals surface area contributed by atoms with Crippen molar-refractivity contribution in [3.8, 4) is 0 Å². The second kappa shape index (κ2) is 5.20. The summed E-state index contributed by atoms with van der Waals surface area (Å²) in [6.07, 6.45) is 2.51. The number of aromatic nitrogens is 2. The minimum Gasteiger partial charge on any atom is -0.390 e. The molecule has 0 aromatic carbocycles. The Morgan fingerprint density at radius 3 is 3.00 bits per heavy atom. The highest BCUT2D eigenvalue weighted by Crippen LogP contribution is 2.09. The number of oxime groups is 1. The fourth-order valence-electron chi connectivity index (χ4n) is 1.72. The number of carbonyl (C=O) groups is 1. The number of rotatable bonds is 4. The minimum absolute atomic E-state index is 0.0545. The van der Waals surface area contributed by atoms with E-state index in [1.54, 1.807) is 16.9 Å². The molecule has 0 aliphatic carbocycles. The molecule has 0 fully saturated rings. The Kier molecular flexibility index (Phi) is 3.64. The Labute approximate surface area is 106 Å². The van der Waals surface area contributed by atoms with E-state index in [-0.39, 0.29) is 18.1 Å². The van der Waals surface area contributed by atoms with Crippen molar-refractivity contribution in [1.82, 2.24) is 15.1 Å². The predicted octanol–water partition coefficient (Wildman–Crippen LogP) is 1.36. The summed E-state index contributed by atoms with van der Waals surface area (Å²) in [5.41, 5.74) is 1.39. The first-order chi connectivity index (χ1) is 8.56. The van der Waals surface area contributed by atoms with E-state index in [0.29, 0.717) is 12.2 Å². The zero-order chi connectivity index (χ0) is 13.1. The van der Waals surface area contributed by atoms with Gasteiger partial charge in [0.2, 0.25) is 0 Å². The van der Waals surface area contributed by atoms with Crippen LogP contribution < -0.4 is 5.32 Å². The van der Waals surface area contributed by atoms with Crippen LogP contribution in [-0.2, 0) is 4.84 Å². The molecule has 1 N–H and O–H groups in total. The second-order valence-electron chi connectivity index (χ2n) is 4.74. The van der Waals surface area contributed by atoms with Gasteiger partial charge in [0.15, 0.2) is 0 Å². The van der Waals surface area contributed by atoms with Crippen molar-refractivity contribution in [2.75, 3.05) is 6.54 Å². The van der Waals surface area contributed by atoms with Crippen molar-refractivity contribution in [1.29, 1.82) is 0 Å². The molecule has 1 aliphatic heterocycles. The van der Waals surface area contributed by atoms with Crippen molar-refractivity contribution < 1.29 is 9.63 Å². The summed E-state index contributed by atoms with van der Waals surface area (Å²) in [7, 11) is 0. The number of nitrogens with zero attached hydrogens (tertiary/aromatic N) is 3. The molecular weight excluding hydrogens is 232 g/mol. The maximum absolute atomic E-state index is 11.8. The summed E-state index contributed by atoms with van der Waals surface area (Å²) in [4.78, 5) is 17.0. The van der Waals surface area contributed by atoms with E-state index in [1.807, 2.05) is 20.8 Å². The molecule has 0 unspecified atom stereocenters. The molecule has 1 aliphatic rings. The summed E-state index contributed by atoms with van der Waals surface area (Å²) < 4.78 is 1.76. The number of hydrogen-bond acceptors (Lipinski definition) is 4. The smallest absolute Gasteiger partial charge is 0.271 e. The Bertz CT molecular complexity index is 464. The first-order valence-corrected chi connectivity index (χ1v) is 6.09. The molecule has 6 heteroatoms. The third-order valence-corrected chi connectivity index (χ3v) is 2.74. The monoisotopic (exact) mass is 250 g/mol. The number of amides is 1. The summed E-state index contributed by atoms with van der Waals surface area (Å²) in [5.74, 6) is -0.178. The predicted molar refractivity (Wildman–Crippen MR) is 67.5 cm³/mol. The van der Waals surface area contributed by atoms with E-state index < -0.39 is 0 Å². The van der Waals surface area contributed by atoms with Gasteiger partial charge >= 0.3 is 0 Å². The van der Waals surface area contributed by atoms with E-state index in [0.717, 1.165) is 12.1 Å². The van der Waals surface area contributed by atoms with Gasteiger partial charge in [0.25, 0.3) is 5.91 Å². The summed E-state index contributed by atoms with van der Waals surface area (Å²) in [6.45, 7) is 6.39. The van der Waals surface area contributed by atoms with Gasteiger partial charge < -0.3 is 10.2 Å². The van der Waals surface area contributed by atoms with E-state index in [9.17, 15) is 4.79 Å². The summed E-state index contributed by atoms with van der Waals surface area (Å²) in [6, 6.07) is 1.97. The molecule has 0 saturated heterocycles. The first kappa shape index (κ1) is 12.6. The highest BCUT2D eigenvalue weighted by atomic mass is 16.6. The number of nitrogens with one attached hydrogen (secondary N) is 1. The quantitative estimate of drug-likeness (QED) is 0.877. The molecule has 18 heavy (non-hydrogen) atoms. The highest BCUT2D eigenvalue weighted by molar-refractivity contribution is 5.92. The molecule has 1 atom stereocenters. The number of hydrogen-bond donors (Lipinski definition) is 1. The first-order valence-electron chi connectivity index (χ1n) is 6.09. The third kappa shape index (κ3) is 2.88. The van der Waals surface area contributed by atoms with Crippen molar-refractivity contribution in [3.05, 3.63) is 18.0 Å². The van der Waals surface area contributed by atoms with Crippen LogP contribution in [0.3, 0.4) is 0 Å².